The van der Waals surface area contributed by atoms with Crippen molar-refractivity contribution in [2.24, 2.45) is 0 Å². The minimum absolute atomic E-state index is 0.249. The van der Waals surface area contributed by atoms with Gasteiger partial charge in [-0.1, -0.05) is 24.3 Å². The molecule has 1 aromatic heterocycles. The van der Waals surface area contributed by atoms with E-state index in [1.54, 1.807) is 0 Å². The van der Waals surface area contributed by atoms with E-state index in [0.29, 0.717) is 0 Å². The van der Waals surface area contributed by atoms with Gasteiger partial charge in [0.05, 0.1) is 5.69 Å². The van der Waals surface area contributed by atoms with Crippen molar-refractivity contribution >= 4 is 11.9 Å². The van der Waals surface area contributed by atoms with Crippen LogP contribution in [0.15, 0.2) is 24.3 Å². The van der Waals surface area contributed by atoms with Crippen molar-refractivity contribution in [1.82, 2.24) is 15.5 Å². The predicted molar refractivity (Wildman–Crippen MR) is 82.4 cm³/mol. The van der Waals surface area contributed by atoms with Gasteiger partial charge in [0.25, 0.3) is 0 Å². The maximum Gasteiger partial charge on any atom is 0.326 e. The molecule has 6 heteroatoms. The first kappa shape index (κ1) is 15.8. The molecule has 2 aromatic rings. The number of carbonyl (C=O) groups excluding carboxylic acids is 1. The number of aromatic nitrogens is 2. The topological polar surface area (TPSA) is 95.1 Å². The highest BCUT2D eigenvalue weighted by Crippen LogP contribution is 2.25. The lowest BCUT2D eigenvalue weighted by molar-refractivity contribution is -0.141. The van der Waals surface area contributed by atoms with Crippen LogP contribution in [0.4, 0.5) is 0 Å². The Morgan fingerprint density at radius 2 is 1.91 bits per heavy atom. The average Bonchev–Trinajstić information content (AvgIpc) is 2.78. The molecule has 0 saturated carbocycles. The summed E-state index contributed by atoms with van der Waals surface area (Å²) in [4.78, 5) is 22.2. The third-order valence-electron chi connectivity index (χ3n) is 3.49. The van der Waals surface area contributed by atoms with E-state index in [2.05, 4.69) is 15.5 Å². The van der Waals surface area contributed by atoms with Crippen molar-refractivity contribution in [2.75, 3.05) is 0 Å². The number of aromatic amines is 1. The number of carbonyl (C=O) groups is 2. The third kappa shape index (κ3) is 3.52. The van der Waals surface area contributed by atoms with Gasteiger partial charge in [-0.3, -0.25) is 9.89 Å². The number of rotatable bonds is 5. The Hall–Kier alpha value is -2.63. The number of nitrogens with zero attached hydrogens (tertiary/aromatic N) is 1. The largest absolute Gasteiger partial charge is 0.480 e. The third-order valence-corrected chi connectivity index (χ3v) is 3.49. The van der Waals surface area contributed by atoms with E-state index < -0.39 is 12.0 Å². The second kappa shape index (κ2) is 6.43. The molecule has 0 aliphatic carbocycles. The zero-order chi connectivity index (χ0) is 16.3. The molecule has 6 nitrogen and oxygen atoms in total. The summed E-state index contributed by atoms with van der Waals surface area (Å²) in [5, 5.41) is 18.7. The monoisotopic (exact) mass is 301 g/mol. The van der Waals surface area contributed by atoms with Gasteiger partial charge in [0.2, 0.25) is 5.91 Å². The molecule has 1 aromatic carbocycles. The molecule has 1 amide bonds. The van der Waals surface area contributed by atoms with Crippen molar-refractivity contribution < 1.29 is 14.7 Å². The summed E-state index contributed by atoms with van der Waals surface area (Å²) in [5.74, 6) is -1.39. The van der Waals surface area contributed by atoms with Crippen LogP contribution in [0.3, 0.4) is 0 Å². The Balaban J connectivity index is 2.18. The number of carboxylic acids is 1. The summed E-state index contributed by atoms with van der Waals surface area (Å²) in [6, 6.07) is 6.71. The van der Waals surface area contributed by atoms with Crippen LogP contribution in [-0.2, 0) is 16.0 Å². The first-order valence-electron chi connectivity index (χ1n) is 6.99. The normalized spacial score (nSPS) is 12.0. The Morgan fingerprint density at radius 3 is 2.36 bits per heavy atom. The minimum Gasteiger partial charge on any atom is -0.480 e. The highest BCUT2D eigenvalue weighted by molar-refractivity contribution is 5.82. The lowest BCUT2D eigenvalue weighted by Gasteiger charge is -2.13. The van der Waals surface area contributed by atoms with E-state index >= 15 is 0 Å². The van der Waals surface area contributed by atoms with Gasteiger partial charge >= 0.3 is 5.97 Å². The van der Waals surface area contributed by atoms with Crippen molar-refractivity contribution in [3.8, 4) is 11.1 Å². The molecule has 0 fully saturated rings. The Kier molecular flexibility index (Phi) is 4.60. The zero-order valence-electron chi connectivity index (χ0n) is 12.8. The maximum absolute atomic E-state index is 11.2. The number of H-pyrrole nitrogens is 1. The van der Waals surface area contributed by atoms with Gasteiger partial charge in [-0.25, -0.2) is 4.79 Å². The van der Waals surface area contributed by atoms with Gasteiger partial charge in [0, 0.05) is 24.6 Å². The van der Waals surface area contributed by atoms with E-state index in [-0.39, 0.29) is 12.3 Å². The van der Waals surface area contributed by atoms with Crippen molar-refractivity contribution in [3.05, 3.63) is 41.2 Å². The first-order valence-corrected chi connectivity index (χ1v) is 6.99. The molecule has 1 heterocycles. The Morgan fingerprint density at radius 1 is 1.27 bits per heavy atom. The molecular weight excluding hydrogens is 282 g/mol. The number of hydrogen-bond acceptors (Lipinski definition) is 3. The van der Waals surface area contributed by atoms with Gasteiger partial charge in [-0.05, 0) is 25.0 Å². The second-order valence-corrected chi connectivity index (χ2v) is 5.30. The number of nitrogens with one attached hydrogen (secondary N) is 2. The lowest BCUT2D eigenvalue weighted by atomic mass is 9.99. The van der Waals surface area contributed by atoms with Gasteiger partial charge in [-0.15, -0.1) is 0 Å². The molecular formula is C16H19N3O3. The highest BCUT2D eigenvalue weighted by Gasteiger charge is 2.19. The van der Waals surface area contributed by atoms with Crippen LogP contribution in [0.25, 0.3) is 11.1 Å². The molecule has 0 radical (unpaired) electrons. The van der Waals surface area contributed by atoms with Crippen molar-refractivity contribution in [1.29, 1.82) is 0 Å². The quantitative estimate of drug-likeness (QED) is 0.785. The van der Waals surface area contributed by atoms with Gasteiger partial charge in [0.1, 0.15) is 6.04 Å². The number of benzene rings is 1. The fraction of sp³-hybridized carbons (Fsp3) is 0.312. The van der Waals surface area contributed by atoms with E-state index in [9.17, 15) is 9.59 Å². The first-order chi connectivity index (χ1) is 10.4. The predicted octanol–water partition coefficient (Wildman–Crippen LogP) is 1.83. The smallest absolute Gasteiger partial charge is 0.326 e. The van der Waals surface area contributed by atoms with E-state index in [0.717, 1.165) is 28.1 Å². The second-order valence-electron chi connectivity index (χ2n) is 5.30. The molecule has 3 N–H and O–H groups in total. The molecule has 0 bridgehead atoms. The maximum atomic E-state index is 11.2. The van der Waals surface area contributed by atoms with Crippen LogP contribution < -0.4 is 5.32 Å². The fourth-order valence-electron chi connectivity index (χ4n) is 2.46. The van der Waals surface area contributed by atoms with Crippen LogP contribution >= 0.6 is 0 Å². The van der Waals surface area contributed by atoms with Gasteiger partial charge < -0.3 is 10.4 Å². The number of carboxylic acid groups (broad SMARTS) is 1. The van der Waals surface area contributed by atoms with Gasteiger partial charge in [0.15, 0.2) is 0 Å². The molecule has 116 valence electrons. The fourth-order valence-corrected chi connectivity index (χ4v) is 2.46. The Labute approximate surface area is 128 Å². The van der Waals surface area contributed by atoms with Crippen LogP contribution in [0.5, 0.6) is 0 Å². The molecule has 2 rings (SSSR count). The average molecular weight is 301 g/mol. The Bertz CT molecular complexity index is 670. The van der Waals surface area contributed by atoms with Crippen LogP contribution in [0, 0.1) is 13.8 Å². The van der Waals surface area contributed by atoms with Crippen LogP contribution in [0.1, 0.15) is 23.9 Å². The van der Waals surface area contributed by atoms with Crippen molar-refractivity contribution in [2.45, 2.75) is 33.2 Å². The van der Waals surface area contributed by atoms with Crippen molar-refractivity contribution in [3.63, 3.8) is 0 Å². The molecule has 0 spiro atoms. The lowest BCUT2D eigenvalue weighted by Crippen LogP contribution is -2.41. The molecule has 0 aliphatic heterocycles. The standard InChI is InChI=1S/C16H19N3O3/c1-9-15(10(2)19-18-9)13-6-4-12(5-7-13)8-14(16(21)22)17-11(3)20/h4-7,14H,8H2,1-3H3,(H,17,20)(H,18,19)(H,21,22). The summed E-state index contributed by atoms with van der Waals surface area (Å²) in [5.41, 5.74) is 4.85. The number of aryl methyl sites for hydroxylation is 2. The zero-order valence-corrected chi connectivity index (χ0v) is 12.8. The minimum atomic E-state index is -1.04. The van der Waals surface area contributed by atoms with Gasteiger partial charge in [-0.2, -0.15) is 5.10 Å². The summed E-state index contributed by atoms with van der Waals surface area (Å²) in [6.45, 7) is 5.20. The molecule has 0 aliphatic rings. The summed E-state index contributed by atoms with van der Waals surface area (Å²) in [6.07, 6.45) is 0.249. The van der Waals surface area contributed by atoms with E-state index in [1.165, 1.54) is 6.92 Å². The summed E-state index contributed by atoms with van der Waals surface area (Å²) >= 11 is 0. The van der Waals surface area contributed by atoms with Crippen LogP contribution in [-0.4, -0.2) is 33.2 Å². The number of amides is 1. The highest BCUT2D eigenvalue weighted by atomic mass is 16.4. The molecule has 0 saturated heterocycles. The summed E-state index contributed by atoms with van der Waals surface area (Å²) in [7, 11) is 0. The number of hydrogen-bond donors (Lipinski definition) is 3. The van der Waals surface area contributed by atoms with E-state index in [4.69, 9.17) is 5.11 Å². The SMILES string of the molecule is CC(=O)NC(Cc1ccc(-c2c(C)n[nH]c2C)cc1)C(=O)O. The molecule has 1 atom stereocenters. The molecule has 1 unspecified atom stereocenters. The molecule has 22 heavy (non-hydrogen) atoms. The summed E-state index contributed by atoms with van der Waals surface area (Å²) < 4.78 is 0. The van der Waals surface area contributed by atoms with Crippen LogP contribution in [0.2, 0.25) is 0 Å². The number of aliphatic carboxylic acids is 1. The van der Waals surface area contributed by atoms with E-state index in [1.807, 2.05) is 38.1 Å².